The van der Waals surface area contributed by atoms with Gasteiger partial charge in [-0.3, -0.25) is 4.98 Å². The summed E-state index contributed by atoms with van der Waals surface area (Å²) in [5.41, 5.74) is 0.887. The van der Waals surface area contributed by atoms with E-state index in [1.807, 2.05) is 18.2 Å². The third kappa shape index (κ3) is 4.15. The molecular formula is C15H22N4O. The molecule has 0 saturated carbocycles. The molecular weight excluding hydrogens is 252 g/mol. The smallest absolute Gasteiger partial charge is 0.213 e. The maximum atomic E-state index is 4.98. The first-order valence-electron chi connectivity index (χ1n) is 6.81. The fourth-order valence-corrected chi connectivity index (χ4v) is 1.97. The van der Waals surface area contributed by atoms with Gasteiger partial charge in [0.25, 0.3) is 0 Å². The topological polar surface area (TPSA) is 41.5 Å². The van der Waals surface area contributed by atoms with E-state index in [2.05, 4.69) is 33.9 Å². The number of ether oxygens (including phenoxy) is 1. The van der Waals surface area contributed by atoms with Crippen molar-refractivity contribution in [3.05, 3.63) is 30.6 Å². The van der Waals surface area contributed by atoms with E-state index in [9.17, 15) is 0 Å². The molecule has 0 unspecified atom stereocenters. The summed E-state index contributed by atoms with van der Waals surface area (Å²) < 4.78 is 4.98. The summed E-state index contributed by atoms with van der Waals surface area (Å²) in [6.45, 7) is 4.93. The summed E-state index contributed by atoms with van der Waals surface area (Å²) in [5.74, 6) is 0.621. The molecule has 0 aromatic carbocycles. The molecule has 0 bridgehead atoms. The van der Waals surface area contributed by atoms with Crippen LogP contribution in [0.2, 0.25) is 0 Å². The Bertz CT molecular complexity index is 528. The maximum Gasteiger partial charge on any atom is 0.213 e. The molecule has 2 aromatic heterocycles. The average molecular weight is 274 g/mol. The summed E-state index contributed by atoms with van der Waals surface area (Å²) >= 11 is 0. The second kappa shape index (κ2) is 7.17. The highest BCUT2D eigenvalue weighted by Gasteiger charge is 2.07. The van der Waals surface area contributed by atoms with E-state index in [1.165, 1.54) is 26.2 Å². The lowest BCUT2D eigenvalue weighted by Gasteiger charge is -2.28. The van der Waals surface area contributed by atoms with Gasteiger partial charge in [-0.25, -0.2) is 4.98 Å². The Morgan fingerprint density at radius 2 is 1.70 bits per heavy atom. The van der Waals surface area contributed by atoms with Crippen LogP contribution >= 0.6 is 0 Å². The zero-order chi connectivity index (χ0) is 14.4. The molecule has 0 radical (unpaired) electrons. The third-order valence-electron chi connectivity index (χ3n) is 3.40. The summed E-state index contributed by atoms with van der Waals surface area (Å²) in [6, 6.07) is 5.73. The Kier molecular flexibility index (Phi) is 5.26. The number of methoxy groups -OCH3 is 1. The van der Waals surface area contributed by atoms with E-state index in [1.54, 1.807) is 19.5 Å². The summed E-state index contributed by atoms with van der Waals surface area (Å²) in [6.07, 6.45) is 3.45. The van der Waals surface area contributed by atoms with E-state index in [4.69, 9.17) is 4.74 Å². The molecule has 1 fully saturated rings. The number of pyridine rings is 2. The van der Waals surface area contributed by atoms with Crippen LogP contribution in [0.5, 0.6) is 5.88 Å². The molecule has 3 rings (SSSR count). The number of fused-ring (bicyclic) bond motifs is 1. The van der Waals surface area contributed by atoms with Crippen LogP contribution in [0.1, 0.15) is 0 Å². The van der Waals surface area contributed by atoms with Crippen molar-refractivity contribution in [2.45, 2.75) is 0 Å². The van der Waals surface area contributed by atoms with Crippen LogP contribution in [0, 0.1) is 0 Å². The fraction of sp³-hybridized carbons (Fsp3) is 0.467. The zero-order valence-corrected chi connectivity index (χ0v) is 12.4. The van der Waals surface area contributed by atoms with Gasteiger partial charge in [0.1, 0.15) is 0 Å². The summed E-state index contributed by atoms with van der Waals surface area (Å²) in [5, 5.41) is 1.05. The van der Waals surface area contributed by atoms with Crippen molar-refractivity contribution >= 4 is 10.9 Å². The number of nitrogens with zero attached hydrogens (tertiary/aromatic N) is 4. The van der Waals surface area contributed by atoms with Gasteiger partial charge in [-0.1, -0.05) is 6.07 Å². The van der Waals surface area contributed by atoms with E-state index in [0.29, 0.717) is 5.88 Å². The van der Waals surface area contributed by atoms with Crippen molar-refractivity contribution < 1.29 is 4.74 Å². The van der Waals surface area contributed by atoms with Crippen LogP contribution in [-0.2, 0) is 0 Å². The Morgan fingerprint density at radius 3 is 2.30 bits per heavy atom. The predicted octanol–water partition coefficient (Wildman–Crippen LogP) is 1.50. The Balaban J connectivity index is 0.000000160. The molecule has 108 valence electrons. The van der Waals surface area contributed by atoms with Crippen molar-refractivity contribution in [1.29, 1.82) is 0 Å². The Morgan fingerprint density at radius 1 is 1.05 bits per heavy atom. The van der Waals surface area contributed by atoms with E-state index in [-0.39, 0.29) is 0 Å². The van der Waals surface area contributed by atoms with Crippen molar-refractivity contribution in [3.8, 4) is 5.88 Å². The van der Waals surface area contributed by atoms with Crippen LogP contribution in [0.3, 0.4) is 0 Å². The largest absolute Gasteiger partial charge is 0.481 e. The van der Waals surface area contributed by atoms with Gasteiger partial charge in [0.15, 0.2) is 0 Å². The Hall–Kier alpha value is -1.72. The molecule has 20 heavy (non-hydrogen) atoms. The summed E-state index contributed by atoms with van der Waals surface area (Å²) in [4.78, 5) is 12.9. The normalized spacial score (nSPS) is 16.6. The fourth-order valence-electron chi connectivity index (χ4n) is 1.97. The van der Waals surface area contributed by atoms with Crippen molar-refractivity contribution in [2.75, 3.05) is 47.4 Å². The highest BCUT2D eigenvalue weighted by molar-refractivity contribution is 5.78. The first-order valence-corrected chi connectivity index (χ1v) is 6.81. The standard InChI is InChI=1S/C9H8N2O.C6H14N2/c1-12-9-5-7-3-2-4-10-8(7)6-11-9;1-7-3-5-8(2)6-4-7/h2-6H,1H3;3-6H2,1-2H3. The zero-order valence-electron chi connectivity index (χ0n) is 12.4. The first-order chi connectivity index (χ1) is 9.69. The molecule has 0 atom stereocenters. The molecule has 3 heterocycles. The van der Waals surface area contributed by atoms with E-state index >= 15 is 0 Å². The summed E-state index contributed by atoms with van der Waals surface area (Å²) in [7, 11) is 5.95. The number of hydrogen-bond acceptors (Lipinski definition) is 5. The molecule has 5 heteroatoms. The van der Waals surface area contributed by atoms with Gasteiger partial charge in [-0.15, -0.1) is 0 Å². The molecule has 2 aromatic rings. The van der Waals surface area contributed by atoms with Gasteiger partial charge in [-0.05, 0) is 20.2 Å². The predicted molar refractivity (Wildman–Crippen MR) is 81.1 cm³/mol. The van der Waals surface area contributed by atoms with Crippen molar-refractivity contribution in [1.82, 2.24) is 19.8 Å². The number of rotatable bonds is 1. The molecule has 1 aliphatic rings. The lowest BCUT2D eigenvalue weighted by Crippen LogP contribution is -2.42. The monoisotopic (exact) mass is 274 g/mol. The molecule has 0 amide bonds. The van der Waals surface area contributed by atoms with Crippen LogP contribution in [0.4, 0.5) is 0 Å². The molecule has 0 spiro atoms. The average Bonchev–Trinajstić information content (AvgIpc) is 2.50. The second-order valence-corrected chi connectivity index (χ2v) is 5.03. The highest BCUT2D eigenvalue weighted by Crippen LogP contribution is 2.14. The third-order valence-corrected chi connectivity index (χ3v) is 3.40. The Labute approximate surface area is 120 Å². The van der Waals surface area contributed by atoms with Gasteiger partial charge in [0.05, 0.1) is 18.8 Å². The number of piperazine rings is 1. The minimum atomic E-state index is 0.621. The maximum absolute atomic E-state index is 4.98. The molecule has 5 nitrogen and oxygen atoms in total. The lowest BCUT2D eigenvalue weighted by molar-refractivity contribution is 0.181. The van der Waals surface area contributed by atoms with Gasteiger partial charge in [0.2, 0.25) is 5.88 Å². The van der Waals surface area contributed by atoms with Crippen LogP contribution < -0.4 is 4.74 Å². The van der Waals surface area contributed by atoms with E-state index in [0.717, 1.165) is 10.9 Å². The number of likely N-dealkylation sites (N-methyl/N-ethyl adjacent to an activating group) is 2. The van der Waals surface area contributed by atoms with Gasteiger partial charge in [-0.2, -0.15) is 0 Å². The minimum absolute atomic E-state index is 0.621. The van der Waals surface area contributed by atoms with Crippen LogP contribution in [-0.4, -0.2) is 67.2 Å². The number of aromatic nitrogens is 2. The molecule has 0 N–H and O–H groups in total. The SMILES string of the molecule is CN1CCN(C)CC1.COc1cc2cccnc2cn1. The van der Waals surface area contributed by atoms with Crippen molar-refractivity contribution in [3.63, 3.8) is 0 Å². The van der Waals surface area contributed by atoms with E-state index < -0.39 is 0 Å². The first kappa shape index (κ1) is 14.7. The molecule has 0 aliphatic carbocycles. The van der Waals surface area contributed by atoms with Gasteiger partial charge >= 0.3 is 0 Å². The quantitative estimate of drug-likeness (QED) is 0.788. The van der Waals surface area contributed by atoms with Crippen LogP contribution in [0.25, 0.3) is 10.9 Å². The highest BCUT2D eigenvalue weighted by atomic mass is 16.5. The second-order valence-electron chi connectivity index (χ2n) is 5.03. The van der Waals surface area contributed by atoms with Gasteiger partial charge in [0, 0.05) is 43.8 Å². The van der Waals surface area contributed by atoms with Crippen molar-refractivity contribution in [2.24, 2.45) is 0 Å². The van der Waals surface area contributed by atoms with Gasteiger partial charge < -0.3 is 14.5 Å². The lowest BCUT2D eigenvalue weighted by atomic mass is 10.3. The van der Waals surface area contributed by atoms with Crippen LogP contribution in [0.15, 0.2) is 30.6 Å². The molecule has 1 aliphatic heterocycles. The molecule has 1 saturated heterocycles. The minimum Gasteiger partial charge on any atom is -0.481 e. The number of hydrogen-bond donors (Lipinski definition) is 0.